The van der Waals surface area contributed by atoms with E-state index < -0.39 is 0 Å². The van der Waals surface area contributed by atoms with E-state index in [-0.39, 0.29) is 24.1 Å². The molecule has 0 aliphatic carbocycles. The minimum atomic E-state index is -0.213. The summed E-state index contributed by atoms with van der Waals surface area (Å²) in [6.07, 6.45) is 0. The Labute approximate surface area is 153 Å². The summed E-state index contributed by atoms with van der Waals surface area (Å²) < 4.78 is 3.07. The third-order valence-electron chi connectivity index (χ3n) is 3.02. The Morgan fingerprint density at radius 3 is 2.75 bits per heavy atom. The maximum atomic E-state index is 11.8. The molecule has 0 atom stereocenters. The zero-order valence-electron chi connectivity index (χ0n) is 13.4. The molecule has 6 nitrogen and oxygen atoms in total. The second-order valence-electron chi connectivity index (χ2n) is 4.85. The summed E-state index contributed by atoms with van der Waals surface area (Å²) in [5.41, 5.74) is 2.02. The number of rotatable bonds is 7. The van der Waals surface area contributed by atoms with Crippen molar-refractivity contribution in [1.82, 2.24) is 20.4 Å². The van der Waals surface area contributed by atoms with Gasteiger partial charge in [0.1, 0.15) is 0 Å². The highest BCUT2D eigenvalue weighted by atomic mass is 32.2. The standard InChI is InChI=1S/C15H18N4O2S3/c1-3-16-12(20)8-17-13(21)9-23-14-18-19(15(22)24-14)11-7-5-4-6-10(11)2/h4-7H,3,8-9H2,1-2H3,(H,16,20)(H,17,21). The molecular formula is C15H18N4O2S3. The molecule has 2 amide bonds. The summed E-state index contributed by atoms with van der Waals surface area (Å²) in [5, 5.41) is 9.67. The first-order valence-electron chi connectivity index (χ1n) is 7.33. The van der Waals surface area contributed by atoms with Crippen LogP contribution in [0.2, 0.25) is 0 Å². The molecule has 128 valence electrons. The molecule has 1 aromatic carbocycles. The molecule has 0 fully saturated rings. The molecule has 24 heavy (non-hydrogen) atoms. The van der Waals surface area contributed by atoms with Gasteiger partial charge in [-0.1, -0.05) is 41.3 Å². The smallest absolute Gasteiger partial charge is 0.239 e. The van der Waals surface area contributed by atoms with Crippen LogP contribution in [-0.4, -0.2) is 40.4 Å². The average Bonchev–Trinajstić information content (AvgIpc) is 2.92. The van der Waals surface area contributed by atoms with E-state index in [0.29, 0.717) is 10.5 Å². The van der Waals surface area contributed by atoms with Gasteiger partial charge >= 0.3 is 0 Å². The summed E-state index contributed by atoms with van der Waals surface area (Å²) in [4.78, 5) is 23.1. The fourth-order valence-electron chi connectivity index (χ4n) is 1.89. The second-order valence-corrected chi connectivity index (χ2v) is 7.70. The summed E-state index contributed by atoms with van der Waals surface area (Å²) >= 11 is 8.03. The van der Waals surface area contributed by atoms with Crippen LogP contribution < -0.4 is 10.6 Å². The van der Waals surface area contributed by atoms with E-state index in [1.807, 2.05) is 38.1 Å². The number of nitrogens with zero attached hydrogens (tertiary/aromatic N) is 2. The molecule has 1 aromatic heterocycles. The number of thioether (sulfide) groups is 1. The van der Waals surface area contributed by atoms with E-state index in [9.17, 15) is 9.59 Å². The Kier molecular flexibility index (Phi) is 6.95. The fourth-order valence-corrected chi connectivity index (χ4v) is 4.07. The van der Waals surface area contributed by atoms with Crippen LogP contribution in [-0.2, 0) is 9.59 Å². The molecule has 0 saturated carbocycles. The van der Waals surface area contributed by atoms with Gasteiger partial charge in [0.05, 0.1) is 18.0 Å². The van der Waals surface area contributed by atoms with Gasteiger partial charge in [-0.15, -0.1) is 5.10 Å². The van der Waals surface area contributed by atoms with Crippen molar-refractivity contribution in [2.45, 2.75) is 18.2 Å². The fraction of sp³-hybridized carbons (Fsp3) is 0.333. The van der Waals surface area contributed by atoms with Gasteiger partial charge in [0.25, 0.3) is 0 Å². The van der Waals surface area contributed by atoms with Crippen LogP contribution in [0, 0.1) is 10.9 Å². The molecule has 1 heterocycles. The van der Waals surface area contributed by atoms with E-state index in [2.05, 4.69) is 15.7 Å². The third-order valence-corrected chi connectivity index (χ3v) is 5.39. The Morgan fingerprint density at radius 2 is 2.04 bits per heavy atom. The number of aromatic nitrogens is 2. The molecule has 2 rings (SSSR count). The van der Waals surface area contributed by atoms with Gasteiger partial charge in [0.2, 0.25) is 11.8 Å². The van der Waals surface area contributed by atoms with Crippen LogP contribution in [0.25, 0.3) is 5.69 Å². The molecule has 0 radical (unpaired) electrons. The second kappa shape index (κ2) is 8.95. The lowest BCUT2D eigenvalue weighted by Crippen LogP contribution is -2.37. The van der Waals surface area contributed by atoms with Crippen LogP contribution >= 0.6 is 35.3 Å². The topological polar surface area (TPSA) is 76.0 Å². The number of benzene rings is 1. The van der Waals surface area contributed by atoms with E-state index >= 15 is 0 Å². The van der Waals surface area contributed by atoms with Crippen LogP contribution in [0.3, 0.4) is 0 Å². The third kappa shape index (κ3) is 5.15. The van der Waals surface area contributed by atoms with Crippen molar-refractivity contribution < 1.29 is 9.59 Å². The van der Waals surface area contributed by atoms with E-state index in [1.54, 1.807) is 4.68 Å². The number of carbonyl (C=O) groups excluding carboxylic acids is 2. The monoisotopic (exact) mass is 382 g/mol. The Balaban J connectivity index is 1.94. The lowest BCUT2D eigenvalue weighted by atomic mass is 10.2. The molecular weight excluding hydrogens is 364 g/mol. The summed E-state index contributed by atoms with van der Waals surface area (Å²) in [6.45, 7) is 4.36. The van der Waals surface area contributed by atoms with Crippen LogP contribution in [0.5, 0.6) is 0 Å². The summed E-state index contributed by atoms with van der Waals surface area (Å²) in [5.74, 6) is -0.222. The number of hydrogen-bond donors (Lipinski definition) is 2. The molecule has 0 aliphatic heterocycles. The van der Waals surface area contributed by atoms with Gasteiger partial charge in [-0.05, 0) is 37.7 Å². The minimum absolute atomic E-state index is 0.0133. The predicted octanol–water partition coefficient (Wildman–Crippen LogP) is 2.32. The molecule has 2 N–H and O–H groups in total. The first-order chi connectivity index (χ1) is 11.5. The van der Waals surface area contributed by atoms with Gasteiger partial charge in [-0.3, -0.25) is 9.59 Å². The van der Waals surface area contributed by atoms with Crippen LogP contribution in [0.4, 0.5) is 0 Å². The molecule has 0 saturated heterocycles. The van der Waals surface area contributed by atoms with Crippen molar-refractivity contribution >= 4 is 47.1 Å². The van der Waals surface area contributed by atoms with Gasteiger partial charge in [0, 0.05) is 6.54 Å². The van der Waals surface area contributed by atoms with Crippen molar-refractivity contribution in [2.24, 2.45) is 0 Å². The van der Waals surface area contributed by atoms with Crippen molar-refractivity contribution in [3.05, 3.63) is 33.8 Å². The maximum absolute atomic E-state index is 11.8. The largest absolute Gasteiger partial charge is 0.355 e. The van der Waals surface area contributed by atoms with E-state index in [0.717, 1.165) is 15.6 Å². The van der Waals surface area contributed by atoms with E-state index in [4.69, 9.17) is 12.2 Å². The lowest BCUT2D eigenvalue weighted by molar-refractivity contribution is -0.124. The SMILES string of the molecule is CCNC(=O)CNC(=O)CSc1nn(-c2ccccc2C)c(=S)s1. The van der Waals surface area contributed by atoms with Crippen molar-refractivity contribution in [1.29, 1.82) is 0 Å². The number of para-hydroxylation sites is 1. The minimum Gasteiger partial charge on any atom is -0.355 e. The summed E-state index contributed by atoms with van der Waals surface area (Å²) in [7, 11) is 0. The Morgan fingerprint density at radius 1 is 1.29 bits per heavy atom. The van der Waals surface area contributed by atoms with Gasteiger partial charge < -0.3 is 10.6 Å². The number of carbonyl (C=O) groups is 2. The highest BCUT2D eigenvalue weighted by molar-refractivity contribution is 8.01. The van der Waals surface area contributed by atoms with Gasteiger partial charge in [-0.25, -0.2) is 4.68 Å². The quantitative estimate of drug-likeness (QED) is 0.568. The predicted molar refractivity (Wildman–Crippen MR) is 99.4 cm³/mol. The van der Waals surface area contributed by atoms with Crippen molar-refractivity contribution in [3.63, 3.8) is 0 Å². The highest BCUT2D eigenvalue weighted by Gasteiger charge is 2.11. The van der Waals surface area contributed by atoms with Crippen molar-refractivity contribution in [3.8, 4) is 5.69 Å². The van der Waals surface area contributed by atoms with E-state index in [1.165, 1.54) is 23.1 Å². The maximum Gasteiger partial charge on any atom is 0.239 e. The number of nitrogens with one attached hydrogen (secondary N) is 2. The summed E-state index contributed by atoms with van der Waals surface area (Å²) in [6, 6.07) is 7.85. The Bertz CT molecular complexity index is 785. The number of amides is 2. The van der Waals surface area contributed by atoms with Crippen molar-refractivity contribution in [2.75, 3.05) is 18.8 Å². The normalized spacial score (nSPS) is 10.4. The first-order valence-corrected chi connectivity index (χ1v) is 9.54. The van der Waals surface area contributed by atoms with Gasteiger partial charge in [-0.2, -0.15) is 0 Å². The first kappa shape index (κ1) is 18.6. The zero-order chi connectivity index (χ0) is 17.5. The molecule has 2 aromatic rings. The van der Waals surface area contributed by atoms with Crippen LogP contribution in [0.1, 0.15) is 12.5 Å². The molecule has 0 aliphatic rings. The average molecular weight is 383 g/mol. The zero-order valence-corrected chi connectivity index (χ0v) is 15.8. The number of aryl methyl sites for hydroxylation is 1. The molecule has 0 bridgehead atoms. The highest BCUT2D eigenvalue weighted by Crippen LogP contribution is 2.24. The van der Waals surface area contributed by atoms with Crippen LogP contribution in [0.15, 0.2) is 28.6 Å². The number of likely N-dealkylation sites (N-methyl/N-ethyl adjacent to an activating group) is 1. The Hall–Kier alpha value is -1.71. The molecule has 9 heteroatoms. The number of hydrogen-bond acceptors (Lipinski definition) is 6. The lowest BCUT2D eigenvalue weighted by Gasteiger charge is -2.05. The molecule has 0 unspecified atom stereocenters. The molecule has 0 spiro atoms. The van der Waals surface area contributed by atoms with Gasteiger partial charge in [0.15, 0.2) is 8.29 Å².